The van der Waals surface area contributed by atoms with E-state index in [4.69, 9.17) is 0 Å². The average Bonchev–Trinajstić information content (AvgIpc) is 0.811. The molecule has 0 atom stereocenters. The van der Waals surface area contributed by atoms with E-state index in [1.54, 1.807) is 0 Å². The fraction of sp³-hybridized carbons (Fsp3) is 1.00. The summed E-state index contributed by atoms with van der Waals surface area (Å²) in [7, 11) is 0. The second-order valence-electron chi connectivity index (χ2n) is 1.73. The third-order valence-electron chi connectivity index (χ3n) is 0. The van der Waals surface area contributed by atoms with Crippen LogP contribution in [0.1, 0.15) is 0 Å². The van der Waals surface area contributed by atoms with Gasteiger partial charge in [-0.1, -0.05) is 0 Å². The highest BCUT2D eigenvalue weighted by atomic mass is 13.0. The molecule has 0 unspecified atom stereocenters. The van der Waals surface area contributed by atoms with Crippen LogP contribution in [-0.4, -0.2) is 14.1 Å². The molecule has 1 heteroatoms. The molecule has 0 bridgehead atoms. The van der Waals surface area contributed by atoms with Gasteiger partial charge in [-0.25, -0.2) is 0 Å². The van der Waals surface area contributed by atoms with E-state index in [0.717, 1.165) is 0 Å². The molecule has 0 saturated carbocycles. The smallest absolute Gasteiger partial charge is 0.106 e. The molecule has 0 amide bonds. The highest BCUT2D eigenvalue weighted by Gasteiger charge is 1.81. The van der Waals surface area contributed by atoms with Crippen molar-refractivity contribution in [2.24, 2.45) is 0 Å². The van der Waals surface area contributed by atoms with Gasteiger partial charge >= 0.3 is 0 Å². The molecule has 0 saturated heterocycles. The Labute approximate surface area is 32.2 Å². The van der Waals surface area contributed by atoms with Crippen molar-refractivity contribution in [1.82, 2.24) is 0 Å². The Morgan fingerprint density at radius 2 is 1.00 bits per heavy atom. The van der Waals surface area contributed by atoms with Gasteiger partial charge in [0.05, 0.1) is 0 Å². The van der Waals surface area contributed by atoms with Crippen molar-refractivity contribution in [1.29, 1.82) is 0 Å². The van der Waals surface area contributed by atoms with E-state index in [1.165, 1.54) is 0 Å². The minimum Gasteiger partial charge on any atom is -0.106 e. The monoisotopic (exact) mass is 55.1 g/mol. The summed E-state index contributed by atoms with van der Waals surface area (Å²) in [6.45, 7) is 0. The van der Waals surface area contributed by atoms with Gasteiger partial charge in [0.1, 0.15) is 0 Å². The van der Waals surface area contributed by atoms with Crippen molar-refractivity contribution in [2.75, 3.05) is 0 Å². The lowest BCUT2D eigenvalue weighted by Gasteiger charge is -1.67. The zero-order chi connectivity index (χ0) is 3.58. The maximum atomic E-state index is 2.31. The molecular formula is C3H9Al. The first-order valence-electron chi connectivity index (χ1n) is 1.73. The topological polar surface area (TPSA) is 0 Å². The van der Waals surface area contributed by atoms with E-state index in [-0.39, 0.29) is 14.1 Å². The first-order chi connectivity index (χ1) is 1.73. The molecule has 0 spiro atoms. The van der Waals surface area contributed by atoms with E-state index >= 15 is 0 Å². The number of hydrogen-bond donors (Lipinski definition) is 0. The normalized spacial score (nSPS) is 6.75. The zero-order valence-electron chi connectivity index (χ0n) is 3.58. The van der Waals surface area contributed by atoms with E-state index in [0.29, 0.717) is 0 Å². The standard InChI is InChI=1S/3CH3.Al/h3*1H3;/i;;;1-17. The van der Waals surface area contributed by atoms with Gasteiger partial charge < -0.3 is 0 Å². The minimum atomic E-state index is -0.139. The lowest BCUT2D eigenvalue weighted by molar-refractivity contribution is 1.91. The van der Waals surface area contributed by atoms with Gasteiger partial charge in [-0.3, -0.25) is 0 Å². The Morgan fingerprint density at radius 1 is 1.00 bits per heavy atom. The molecule has 0 heterocycles. The lowest BCUT2D eigenvalue weighted by Crippen LogP contribution is -1.84. The summed E-state index contributed by atoms with van der Waals surface area (Å²) >= 11 is -0.139. The molecule has 0 aliphatic heterocycles. The molecule has 24 valence electrons. The fourth-order valence-corrected chi connectivity index (χ4v) is 0. The Balaban J connectivity index is 2.32. The van der Waals surface area contributed by atoms with E-state index in [2.05, 4.69) is 17.4 Å². The predicted molar refractivity (Wildman–Crippen MR) is 23.3 cm³/mol. The van der Waals surface area contributed by atoms with Gasteiger partial charge in [0.2, 0.25) is 0 Å². The summed E-state index contributed by atoms with van der Waals surface area (Å²) < 4.78 is 0. The van der Waals surface area contributed by atoms with Crippen LogP contribution in [0.3, 0.4) is 0 Å². The van der Waals surface area contributed by atoms with Crippen LogP contribution in [0, 0.1) is 0 Å². The van der Waals surface area contributed by atoms with E-state index in [9.17, 15) is 0 Å². The summed E-state index contributed by atoms with van der Waals surface area (Å²) in [5.41, 5.74) is 0. The molecule has 0 radical (unpaired) electrons. The molecule has 0 aliphatic rings. The molecule has 0 N–H and O–H groups in total. The van der Waals surface area contributed by atoms with Crippen molar-refractivity contribution < 1.29 is 0 Å². The average molecular weight is 55.1 g/mol. The van der Waals surface area contributed by atoms with E-state index in [1.807, 2.05) is 0 Å². The highest BCUT2D eigenvalue weighted by molar-refractivity contribution is 6.54. The largest absolute Gasteiger partial charge is 0.251 e. The van der Waals surface area contributed by atoms with Gasteiger partial charge in [0, 0.05) is 0 Å². The third-order valence-corrected chi connectivity index (χ3v) is 0. The number of hydrogen-bond acceptors (Lipinski definition) is 0. The Morgan fingerprint density at radius 3 is 1.00 bits per heavy atom. The van der Waals surface area contributed by atoms with E-state index < -0.39 is 0 Å². The SMILES string of the molecule is [CH3][10Al]([CH3])[CH3]. The Bertz CT molecular complexity index is 8.00. The first-order valence-corrected chi connectivity index (χ1v) is 5.20. The second-order valence-corrected chi connectivity index (χ2v) is 5.20. The van der Waals surface area contributed by atoms with Crippen LogP contribution in [0.2, 0.25) is 17.4 Å². The molecule has 0 aromatic heterocycles. The summed E-state index contributed by atoms with van der Waals surface area (Å²) in [6, 6.07) is 0. The molecular weight excluding hydrogens is 46.0 g/mol. The van der Waals surface area contributed by atoms with Crippen LogP contribution in [0.5, 0.6) is 0 Å². The van der Waals surface area contributed by atoms with Crippen LogP contribution in [0.4, 0.5) is 0 Å². The third kappa shape index (κ3) is 21.0. The molecule has 0 fully saturated rings. The maximum absolute atomic E-state index is 2.31. The second kappa shape index (κ2) is 1.82. The van der Waals surface area contributed by atoms with Gasteiger partial charge in [0.15, 0.2) is 0 Å². The molecule has 0 aromatic rings. The maximum Gasteiger partial charge on any atom is 0.251 e. The van der Waals surface area contributed by atoms with Crippen molar-refractivity contribution in [3.8, 4) is 0 Å². The zero-order valence-corrected chi connectivity index (χ0v) is 4.73. The molecule has 0 aromatic carbocycles. The van der Waals surface area contributed by atoms with Crippen LogP contribution in [0.25, 0.3) is 0 Å². The fourth-order valence-electron chi connectivity index (χ4n) is 0. The lowest BCUT2D eigenvalue weighted by atomic mass is 9.00. The summed E-state index contributed by atoms with van der Waals surface area (Å²) in [5, 5.41) is 0. The quantitative estimate of drug-likeness (QED) is 0.367. The van der Waals surface area contributed by atoms with Crippen molar-refractivity contribution in [3.63, 3.8) is 0 Å². The predicted octanol–water partition coefficient (Wildman–Crippen LogP) is 1.37. The first kappa shape index (κ1) is 4.53. The molecule has 0 aliphatic carbocycles. The van der Waals surface area contributed by atoms with Gasteiger partial charge in [0.25, 0.3) is 14.1 Å². The van der Waals surface area contributed by atoms with Crippen LogP contribution >= 0.6 is 0 Å². The van der Waals surface area contributed by atoms with Gasteiger partial charge in [-0.05, 0) is 0 Å². The minimum absolute atomic E-state index is 0.139. The van der Waals surface area contributed by atoms with Crippen molar-refractivity contribution in [2.45, 2.75) is 17.4 Å². The van der Waals surface area contributed by atoms with Crippen molar-refractivity contribution in [3.05, 3.63) is 0 Å². The molecule has 0 nitrogen and oxygen atoms in total. The van der Waals surface area contributed by atoms with Gasteiger partial charge in [-0.15, -0.1) is 17.4 Å². The van der Waals surface area contributed by atoms with Crippen LogP contribution in [0.15, 0.2) is 0 Å². The van der Waals surface area contributed by atoms with Crippen LogP contribution < -0.4 is 0 Å². The highest BCUT2D eigenvalue weighted by Crippen LogP contribution is 1.68. The van der Waals surface area contributed by atoms with Crippen molar-refractivity contribution >= 4 is 14.1 Å². The van der Waals surface area contributed by atoms with Crippen LogP contribution in [-0.2, 0) is 0 Å². The Hall–Kier alpha value is 0.532. The summed E-state index contributed by atoms with van der Waals surface area (Å²) in [6.07, 6.45) is 0. The van der Waals surface area contributed by atoms with Gasteiger partial charge in [-0.2, -0.15) is 0 Å². The Kier molecular flexibility index (Phi) is 2.06. The molecule has 4 heavy (non-hydrogen) atoms. The summed E-state index contributed by atoms with van der Waals surface area (Å²) in [5.74, 6) is 6.92. The summed E-state index contributed by atoms with van der Waals surface area (Å²) in [4.78, 5) is 0. The molecule has 0 rings (SSSR count). The number of rotatable bonds is 0.